The molecule has 6 fully saturated rings. The molecule has 2 saturated heterocycles. The molecule has 2 aliphatic heterocycles. The molecular formula is C29H46O6. The van der Waals surface area contributed by atoms with E-state index in [-0.39, 0.29) is 11.6 Å². The molecule has 198 valence electrons. The van der Waals surface area contributed by atoms with Gasteiger partial charge in [0, 0.05) is 50.9 Å². The van der Waals surface area contributed by atoms with Gasteiger partial charge in [0.05, 0.1) is 26.4 Å². The Balaban J connectivity index is 0.000000145. The van der Waals surface area contributed by atoms with E-state index in [1.54, 1.807) is 0 Å². The average molecular weight is 491 g/mol. The van der Waals surface area contributed by atoms with Crippen LogP contribution in [0.3, 0.4) is 0 Å². The molecule has 6 nitrogen and oxygen atoms in total. The summed E-state index contributed by atoms with van der Waals surface area (Å²) >= 11 is 0. The second-order valence-electron chi connectivity index (χ2n) is 12.2. The topological polar surface area (TPSA) is 71.1 Å². The molecule has 2 spiro atoms. The largest absolute Gasteiger partial charge is 0.348 e. The van der Waals surface area contributed by atoms with Crippen LogP contribution < -0.4 is 0 Å². The smallest absolute Gasteiger partial charge is 0.168 e. The molecule has 4 saturated carbocycles. The molecule has 0 N–H and O–H groups in total. The molecule has 6 aliphatic rings. The maximum absolute atomic E-state index is 11.6. The predicted molar refractivity (Wildman–Crippen MR) is 132 cm³/mol. The highest BCUT2D eigenvalue weighted by Gasteiger charge is 2.43. The van der Waals surface area contributed by atoms with E-state index in [0.29, 0.717) is 17.5 Å². The molecule has 0 aromatic heterocycles. The molecule has 0 aromatic rings. The molecule has 6 rings (SSSR count). The third-order valence-corrected chi connectivity index (χ3v) is 10.1. The van der Waals surface area contributed by atoms with E-state index < -0.39 is 0 Å². The fourth-order valence-electron chi connectivity index (χ4n) is 7.81. The van der Waals surface area contributed by atoms with Gasteiger partial charge in [-0.2, -0.15) is 0 Å². The number of ketones is 2. The summed E-state index contributed by atoms with van der Waals surface area (Å²) in [5.41, 5.74) is 0. The first-order valence-corrected chi connectivity index (χ1v) is 14.6. The van der Waals surface area contributed by atoms with Gasteiger partial charge in [0.25, 0.3) is 0 Å². The second kappa shape index (κ2) is 11.3. The van der Waals surface area contributed by atoms with Gasteiger partial charge in [0.2, 0.25) is 0 Å². The summed E-state index contributed by atoms with van der Waals surface area (Å²) in [6.45, 7) is 5.16. The maximum atomic E-state index is 11.6. The summed E-state index contributed by atoms with van der Waals surface area (Å²) in [4.78, 5) is 22.8. The third kappa shape index (κ3) is 6.19. The highest BCUT2D eigenvalue weighted by Crippen LogP contribution is 2.45. The third-order valence-electron chi connectivity index (χ3n) is 10.1. The lowest BCUT2D eigenvalue weighted by atomic mass is 9.69. The Morgan fingerprint density at radius 2 is 0.971 bits per heavy atom. The van der Waals surface area contributed by atoms with Crippen molar-refractivity contribution in [1.29, 1.82) is 0 Å². The minimum atomic E-state index is -0.230. The zero-order valence-corrected chi connectivity index (χ0v) is 21.8. The first-order valence-electron chi connectivity index (χ1n) is 14.6. The highest BCUT2D eigenvalue weighted by atomic mass is 16.7. The van der Waals surface area contributed by atoms with E-state index in [1.807, 2.05) is 0 Å². The van der Waals surface area contributed by atoms with Gasteiger partial charge in [-0.1, -0.05) is 6.92 Å². The van der Waals surface area contributed by atoms with Gasteiger partial charge in [-0.15, -0.1) is 0 Å². The molecule has 35 heavy (non-hydrogen) atoms. The van der Waals surface area contributed by atoms with Crippen LogP contribution in [-0.2, 0) is 28.5 Å². The van der Waals surface area contributed by atoms with Crippen molar-refractivity contribution in [1.82, 2.24) is 0 Å². The fourth-order valence-corrected chi connectivity index (χ4v) is 7.81. The van der Waals surface area contributed by atoms with E-state index in [1.165, 1.54) is 25.7 Å². The van der Waals surface area contributed by atoms with Gasteiger partial charge >= 0.3 is 0 Å². The van der Waals surface area contributed by atoms with Crippen molar-refractivity contribution in [3.8, 4) is 0 Å². The number of Topliss-reactive ketones (excluding diaryl/α,β-unsaturated/α-hetero) is 2. The minimum Gasteiger partial charge on any atom is -0.348 e. The predicted octanol–water partition coefficient (Wildman–Crippen LogP) is 5.60. The number of ether oxygens (including phenoxy) is 4. The molecule has 0 radical (unpaired) electrons. The van der Waals surface area contributed by atoms with Crippen LogP contribution >= 0.6 is 0 Å². The number of carbonyl (C=O) groups excluding carboxylic acids is 2. The number of hydrogen-bond acceptors (Lipinski definition) is 6. The molecule has 0 bridgehead atoms. The van der Waals surface area contributed by atoms with Crippen molar-refractivity contribution in [3.05, 3.63) is 0 Å². The number of hydrogen-bond donors (Lipinski definition) is 0. The zero-order chi connectivity index (χ0) is 24.3. The molecule has 0 amide bonds. The van der Waals surface area contributed by atoms with Crippen molar-refractivity contribution >= 4 is 11.6 Å². The Kier molecular flexibility index (Phi) is 8.32. The van der Waals surface area contributed by atoms with E-state index in [0.717, 1.165) is 121 Å². The lowest BCUT2D eigenvalue weighted by Gasteiger charge is -2.40. The van der Waals surface area contributed by atoms with Gasteiger partial charge in [0.15, 0.2) is 11.6 Å². The summed E-state index contributed by atoms with van der Waals surface area (Å²) in [5, 5.41) is 0. The van der Waals surface area contributed by atoms with Crippen molar-refractivity contribution in [2.24, 2.45) is 29.6 Å². The van der Waals surface area contributed by atoms with Crippen LogP contribution in [0.15, 0.2) is 0 Å². The Morgan fingerprint density at radius 3 is 1.43 bits per heavy atom. The average Bonchev–Trinajstić information content (AvgIpc) is 3.53. The molecule has 2 unspecified atom stereocenters. The van der Waals surface area contributed by atoms with Crippen LogP contribution in [0.2, 0.25) is 0 Å². The Hall–Kier alpha value is -0.820. The van der Waals surface area contributed by atoms with Gasteiger partial charge in [-0.25, -0.2) is 0 Å². The quantitative estimate of drug-likeness (QED) is 0.501. The molecular weight excluding hydrogens is 444 g/mol. The highest BCUT2D eigenvalue weighted by molar-refractivity contribution is 5.81. The van der Waals surface area contributed by atoms with E-state index in [9.17, 15) is 9.59 Å². The SMILES string of the molecule is CC1CC(C2CCC3(CC2)OCCO3)CCC1=O.O=C1CCC(C2CCC3(CC2)OCCO3)CC1. The Bertz CT molecular complexity index is 707. The summed E-state index contributed by atoms with van der Waals surface area (Å²) < 4.78 is 23.1. The minimum absolute atomic E-state index is 0.221. The van der Waals surface area contributed by atoms with E-state index in [2.05, 4.69) is 6.92 Å². The summed E-state index contributed by atoms with van der Waals surface area (Å²) in [6, 6.07) is 0. The molecule has 0 aromatic carbocycles. The van der Waals surface area contributed by atoms with Crippen LogP contribution in [0.5, 0.6) is 0 Å². The van der Waals surface area contributed by atoms with Gasteiger partial charge in [0.1, 0.15) is 11.6 Å². The van der Waals surface area contributed by atoms with Crippen molar-refractivity contribution in [2.45, 2.75) is 115 Å². The number of rotatable bonds is 2. The standard InChI is InChI=1S/C15H24O3.C14H22O3/c1-11-10-13(2-3-14(11)16)12-4-6-15(7-5-12)17-8-9-18-15;15-13-3-1-11(2-4-13)12-5-7-14(8-6-12)16-9-10-17-14/h11-13H,2-10H2,1H3;11-12H,1-10H2. The van der Waals surface area contributed by atoms with Gasteiger partial charge in [-0.3, -0.25) is 9.59 Å². The summed E-state index contributed by atoms with van der Waals surface area (Å²) in [5.74, 6) is 3.92. The van der Waals surface area contributed by atoms with E-state index >= 15 is 0 Å². The van der Waals surface area contributed by atoms with Crippen molar-refractivity contribution < 1.29 is 28.5 Å². The maximum Gasteiger partial charge on any atom is 0.168 e. The first-order chi connectivity index (χ1) is 17.0. The Morgan fingerprint density at radius 1 is 0.571 bits per heavy atom. The fraction of sp³-hybridized carbons (Fsp3) is 0.931. The van der Waals surface area contributed by atoms with Gasteiger partial charge < -0.3 is 18.9 Å². The van der Waals surface area contributed by atoms with Crippen molar-refractivity contribution in [3.63, 3.8) is 0 Å². The summed E-state index contributed by atoms with van der Waals surface area (Å²) in [7, 11) is 0. The monoisotopic (exact) mass is 490 g/mol. The second-order valence-corrected chi connectivity index (χ2v) is 12.2. The van der Waals surface area contributed by atoms with Crippen LogP contribution in [0.1, 0.15) is 103 Å². The van der Waals surface area contributed by atoms with Crippen LogP contribution in [0.25, 0.3) is 0 Å². The van der Waals surface area contributed by atoms with Gasteiger partial charge in [-0.05, 0) is 75.0 Å². The lowest BCUT2D eigenvalue weighted by molar-refractivity contribution is -0.185. The summed E-state index contributed by atoms with van der Waals surface area (Å²) in [6.07, 6.45) is 16.0. The molecule has 4 aliphatic carbocycles. The first kappa shape index (κ1) is 25.8. The van der Waals surface area contributed by atoms with Crippen LogP contribution in [0.4, 0.5) is 0 Å². The number of carbonyl (C=O) groups is 2. The molecule has 2 atom stereocenters. The van der Waals surface area contributed by atoms with Crippen molar-refractivity contribution in [2.75, 3.05) is 26.4 Å². The van der Waals surface area contributed by atoms with E-state index in [4.69, 9.17) is 18.9 Å². The lowest BCUT2D eigenvalue weighted by Crippen LogP contribution is -2.38. The Labute approximate surface area is 211 Å². The van der Waals surface area contributed by atoms with Crippen LogP contribution in [-0.4, -0.2) is 49.6 Å². The molecule has 6 heteroatoms. The van der Waals surface area contributed by atoms with Crippen LogP contribution in [0, 0.1) is 29.6 Å². The normalized spacial score (nSPS) is 35.9. The molecule has 2 heterocycles. The zero-order valence-electron chi connectivity index (χ0n) is 21.8.